The zero-order valence-corrected chi connectivity index (χ0v) is 8.88. The Balaban J connectivity index is 2.09. The molecule has 1 aliphatic heterocycles. The molecule has 1 rings (SSSR count). The Kier molecular flexibility index (Phi) is 4.90. The molecule has 1 aliphatic rings. The van der Waals surface area contributed by atoms with Crippen LogP contribution in [0.25, 0.3) is 0 Å². The van der Waals surface area contributed by atoms with Crippen molar-refractivity contribution < 1.29 is 4.79 Å². The van der Waals surface area contributed by atoms with Crippen molar-refractivity contribution in [3.05, 3.63) is 0 Å². The minimum Gasteiger partial charge on any atom is -0.370 e. The van der Waals surface area contributed by atoms with Crippen molar-refractivity contribution in [1.82, 2.24) is 10.6 Å². The van der Waals surface area contributed by atoms with Gasteiger partial charge < -0.3 is 16.4 Å². The van der Waals surface area contributed by atoms with E-state index in [1.807, 2.05) is 6.92 Å². The highest BCUT2D eigenvalue weighted by molar-refractivity contribution is 5.74. The van der Waals surface area contributed by atoms with E-state index >= 15 is 0 Å². The molecule has 2 unspecified atom stereocenters. The molecule has 1 fully saturated rings. The SMILES string of the molecule is CC(CC(N)=O)NCC1CCCCN1. The van der Waals surface area contributed by atoms with Gasteiger partial charge in [-0.3, -0.25) is 4.79 Å². The molecule has 4 N–H and O–H groups in total. The van der Waals surface area contributed by atoms with Gasteiger partial charge in [0.25, 0.3) is 0 Å². The summed E-state index contributed by atoms with van der Waals surface area (Å²) in [6.45, 7) is 4.05. The lowest BCUT2D eigenvalue weighted by molar-refractivity contribution is -0.118. The molecular weight excluding hydrogens is 178 g/mol. The molecule has 0 aromatic rings. The monoisotopic (exact) mass is 199 g/mol. The molecule has 4 nitrogen and oxygen atoms in total. The van der Waals surface area contributed by atoms with E-state index in [4.69, 9.17) is 5.73 Å². The van der Waals surface area contributed by atoms with E-state index in [2.05, 4.69) is 10.6 Å². The standard InChI is InChI=1S/C10H21N3O/c1-8(6-10(11)14)13-7-9-4-2-3-5-12-9/h8-9,12-13H,2-7H2,1H3,(H2,11,14). The van der Waals surface area contributed by atoms with Gasteiger partial charge in [-0.2, -0.15) is 0 Å². The van der Waals surface area contributed by atoms with Crippen LogP contribution in [0.1, 0.15) is 32.6 Å². The van der Waals surface area contributed by atoms with Crippen molar-refractivity contribution in [1.29, 1.82) is 0 Å². The summed E-state index contributed by atoms with van der Waals surface area (Å²) in [4.78, 5) is 10.6. The van der Waals surface area contributed by atoms with E-state index in [9.17, 15) is 4.79 Å². The van der Waals surface area contributed by atoms with E-state index in [1.54, 1.807) is 0 Å². The van der Waals surface area contributed by atoms with E-state index in [0.717, 1.165) is 13.1 Å². The normalized spacial score (nSPS) is 24.5. The predicted octanol–water partition coefficient (Wildman–Crippen LogP) is -0.0180. The van der Waals surface area contributed by atoms with Gasteiger partial charge in [-0.25, -0.2) is 0 Å². The van der Waals surface area contributed by atoms with Gasteiger partial charge in [-0.15, -0.1) is 0 Å². The maximum Gasteiger partial charge on any atom is 0.218 e. The summed E-state index contributed by atoms with van der Waals surface area (Å²) in [6.07, 6.45) is 4.25. The van der Waals surface area contributed by atoms with Crippen molar-refractivity contribution in [3.63, 3.8) is 0 Å². The van der Waals surface area contributed by atoms with Crippen molar-refractivity contribution in [2.24, 2.45) is 5.73 Å². The summed E-state index contributed by atoms with van der Waals surface area (Å²) in [5, 5.41) is 6.77. The Hall–Kier alpha value is -0.610. The number of nitrogens with two attached hydrogens (primary N) is 1. The third kappa shape index (κ3) is 4.58. The number of primary amides is 1. The van der Waals surface area contributed by atoms with Crippen molar-refractivity contribution in [3.8, 4) is 0 Å². The van der Waals surface area contributed by atoms with Crippen LogP contribution in [-0.4, -0.2) is 31.1 Å². The summed E-state index contributed by atoms with van der Waals surface area (Å²) in [5.41, 5.74) is 5.11. The van der Waals surface area contributed by atoms with Crippen molar-refractivity contribution in [2.75, 3.05) is 13.1 Å². The molecule has 82 valence electrons. The minimum absolute atomic E-state index is 0.191. The molecule has 1 amide bonds. The predicted molar refractivity (Wildman–Crippen MR) is 56.9 cm³/mol. The van der Waals surface area contributed by atoms with Crippen LogP contribution in [0.5, 0.6) is 0 Å². The first-order valence-corrected chi connectivity index (χ1v) is 5.43. The molecule has 0 aromatic heterocycles. The number of hydrogen-bond acceptors (Lipinski definition) is 3. The summed E-state index contributed by atoms with van der Waals surface area (Å²) >= 11 is 0. The highest BCUT2D eigenvalue weighted by Gasteiger charge is 2.13. The largest absolute Gasteiger partial charge is 0.370 e. The number of hydrogen-bond donors (Lipinski definition) is 3. The molecular formula is C10H21N3O. The number of carbonyl (C=O) groups excluding carboxylic acids is 1. The second-order valence-electron chi connectivity index (χ2n) is 4.13. The fraction of sp³-hybridized carbons (Fsp3) is 0.900. The molecule has 1 heterocycles. The van der Waals surface area contributed by atoms with Crippen LogP contribution in [-0.2, 0) is 4.79 Å². The topological polar surface area (TPSA) is 67.2 Å². The maximum absolute atomic E-state index is 10.6. The number of carbonyl (C=O) groups is 1. The zero-order valence-electron chi connectivity index (χ0n) is 8.88. The lowest BCUT2D eigenvalue weighted by Crippen LogP contribution is -2.44. The third-order valence-corrected chi connectivity index (χ3v) is 2.63. The number of piperidine rings is 1. The minimum atomic E-state index is -0.235. The van der Waals surface area contributed by atoms with Crippen LogP contribution >= 0.6 is 0 Å². The first-order valence-electron chi connectivity index (χ1n) is 5.43. The first-order chi connectivity index (χ1) is 6.68. The van der Waals surface area contributed by atoms with Gasteiger partial charge in [-0.1, -0.05) is 6.42 Å². The fourth-order valence-electron chi connectivity index (χ4n) is 1.82. The van der Waals surface area contributed by atoms with Crippen LogP contribution < -0.4 is 16.4 Å². The second kappa shape index (κ2) is 5.98. The fourth-order valence-corrected chi connectivity index (χ4v) is 1.82. The van der Waals surface area contributed by atoms with Gasteiger partial charge in [0.15, 0.2) is 0 Å². The molecule has 0 aliphatic carbocycles. The molecule has 2 atom stereocenters. The van der Waals surface area contributed by atoms with Gasteiger partial charge in [0.1, 0.15) is 0 Å². The van der Waals surface area contributed by atoms with Crippen LogP contribution in [0.15, 0.2) is 0 Å². The zero-order chi connectivity index (χ0) is 10.4. The quantitative estimate of drug-likeness (QED) is 0.583. The number of nitrogens with one attached hydrogen (secondary N) is 2. The Labute approximate surface area is 85.6 Å². The van der Waals surface area contributed by atoms with Crippen LogP contribution in [0.3, 0.4) is 0 Å². The second-order valence-corrected chi connectivity index (χ2v) is 4.13. The van der Waals surface area contributed by atoms with E-state index in [0.29, 0.717) is 12.5 Å². The van der Waals surface area contributed by atoms with Crippen molar-refractivity contribution >= 4 is 5.91 Å². The van der Waals surface area contributed by atoms with E-state index in [-0.39, 0.29) is 11.9 Å². The first kappa shape index (κ1) is 11.5. The summed E-state index contributed by atoms with van der Waals surface area (Å²) in [6, 6.07) is 0.760. The van der Waals surface area contributed by atoms with Gasteiger partial charge in [0.05, 0.1) is 0 Å². The molecule has 0 bridgehead atoms. The Bertz CT molecular complexity index is 178. The smallest absolute Gasteiger partial charge is 0.218 e. The lowest BCUT2D eigenvalue weighted by Gasteiger charge is -2.25. The summed E-state index contributed by atoms with van der Waals surface area (Å²) in [5.74, 6) is -0.235. The molecule has 14 heavy (non-hydrogen) atoms. The average Bonchev–Trinajstić information content (AvgIpc) is 2.15. The third-order valence-electron chi connectivity index (χ3n) is 2.63. The molecule has 0 aromatic carbocycles. The number of amides is 1. The van der Waals surface area contributed by atoms with Gasteiger partial charge in [0.2, 0.25) is 5.91 Å². The molecule has 4 heteroatoms. The average molecular weight is 199 g/mol. The highest BCUT2D eigenvalue weighted by Crippen LogP contribution is 2.06. The van der Waals surface area contributed by atoms with Gasteiger partial charge >= 0.3 is 0 Å². The van der Waals surface area contributed by atoms with E-state index < -0.39 is 0 Å². The molecule has 0 saturated carbocycles. The van der Waals surface area contributed by atoms with Crippen LogP contribution in [0, 0.1) is 0 Å². The lowest BCUT2D eigenvalue weighted by atomic mass is 10.0. The van der Waals surface area contributed by atoms with Crippen LogP contribution in [0.4, 0.5) is 0 Å². The van der Waals surface area contributed by atoms with Crippen molar-refractivity contribution in [2.45, 2.75) is 44.7 Å². The highest BCUT2D eigenvalue weighted by atomic mass is 16.1. The molecule has 1 saturated heterocycles. The summed E-state index contributed by atoms with van der Waals surface area (Å²) in [7, 11) is 0. The number of rotatable bonds is 5. The Morgan fingerprint density at radius 3 is 3.00 bits per heavy atom. The van der Waals surface area contributed by atoms with Gasteiger partial charge in [0, 0.05) is 25.0 Å². The summed E-state index contributed by atoms with van der Waals surface area (Å²) < 4.78 is 0. The Morgan fingerprint density at radius 2 is 2.43 bits per heavy atom. The molecule has 0 radical (unpaired) electrons. The van der Waals surface area contributed by atoms with E-state index in [1.165, 1.54) is 19.3 Å². The molecule has 0 spiro atoms. The van der Waals surface area contributed by atoms with Gasteiger partial charge in [-0.05, 0) is 26.3 Å². The maximum atomic E-state index is 10.6. The Morgan fingerprint density at radius 1 is 1.64 bits per heavy atom. The van der Waals surface area contributed by atoms with Crippen LogP contribution in [0.2, 0.25) is 0 Å².